The van der Waals surface area contributed by atoms with E-state index in [4.69, 9.17) is 56.8 Å². The summed E-state index contributed by atoms with van der Waals surface area (Å²) in [4.78, 5) is 139. The molecule has 6 rings (SSSR count). The van der Waals surface area contributed by atoms with Gasteiger partial charge in [0, 0.05) is 31.1 Å². The van der Waals surface area contributed by atoms with Gasteiger partial charge >= 0.3 is 71.6 Å². The SMILES string of the molecule is CCC(C)(C)C(=O)OC1(C)CC(C)(C)OC1=O.CCC(C)(C)C(=O)OC1(C)CCOC1=O.CCC(C)(C)C(=O)OC1C(=O)OCC1(C)C.CCC(C)(C)C(=O)OC1CC(=O)OC1(C)C.CCC(C)(C)C(=O)OC1CC(C)(C)OC1=O.CCC(C)(C)C(=O)OC1CC(C)OC1=O. The molecule has 7 unspecified atom stereocenters. The summed E-state index contributed by atoms with van der Waals surface area (Å²) in [5, 5.41) is 0. The standard InChI is InChI=1S/C13H22O4.3C12H20O4.2C11H18O4/c1-7-11(2,3)9(14)17-13(6)8-12(4,5)16-10(13)15;1-6-11(2,3)10(14)16-8-9(13)15-7-12(8,4)5;1-6-11(2,3)10(14)15-8-7-12(4,5)16-9(8)13;1-6-11(2,3)10(14)15-8-7-9(13)16-12(8,4)5;1-5-10(2,3)8(12)15-11(4)6-7-14-9(11)13;1-5-11(3,4)10(13)15-8-6-7(2)14-9(8)12/h7-8H2,1-6H3;3*8H,6-7H2,1-5H3;5-7H2,1-4H3;7-8H,5-6H2,1-4H3. The normalized spacial score (nSPS) is 25.4. The van der Waals surface area contributed by atoms with Crippen molar-refractivity contribution in [2.24, 2.45) is 37.9 Å². The van der Waals surface area contributed by atoms with Crippen LogP contribution in [0.4, 0.5) is 0 Å². The first-order valence-corrected chi connectivity index (χ1v) is 33.3. The fraction of sp³-hybridized carbons (Fsp3) is 0.831. The van der Waals surface area contributed by atoms with E-state index in [0.717, 1.165) is 0 Å². The third-order valence-electron chi connectivity index (χ3n) is 18.5. The fourth-order valence-corrected chi connectivity index (χ4v) is 8.46. The highest BCUT2D eigenvalue weighted by Crippen LogP contribution is 2.40. The van der Waals surface area contributed by atoms with E-state index in [9.17, 15) is 57.5 Å². The van der Waals surface area contributed by atoms with Crippen LogP contribution in [0, 0.1) is 37.9 Å². The molecule has 0 amide bonds. The van der Waals surface area contributed by atoms with E-state index < -0.39 is 120 Å². The lowest BCUT2D eigenvalue weighted by molar-refractivity contribution is -0.178. The summed E-state index contributed by atoms with van der Waals surface area (Å²) in [7, 11) is 0. The first-order valence-electron chi connectivity index (χ1n) is 33.3. The topological polar surface area (TPSA) is 316 Å². The number of esters is 12. The minimum Gasteiger partial charge on any atom is -0.463 e. The molecule has 7 atom stereocenters. The number of ether oxygens (including phenoxy) is 12. The van der Waals surface area contributed by atoms with Crippen LogP contribution in [0.2, 0.25) is 0 Å². The Labute approximate surface area is 565 Å². The predicted molar refractivity (Wildman–Crippen MR) is 348 cm³/mol. The maximum Gasteiger partial charge on any atom is 0.351 e. The molecule has 0 radical (unpaired) electrons. The van der Waals surface area contributed by atoms with E-state index in [1.165, 1.54) is 0 Å². The summed E-state index contributed by atoms with van der Waals surface area (Å²) in [5.74, 6) is -4.49. The molecule has 6 heterocycles. The van der Waals surface area contributed by atoms with Crippen molar-refractivity contribution >= 4 is 71.6 Å². The number of rotatable bonds is 18. The average Bonchev–Trinajstić information content (AvgIpc) is 1.67. The van der Waals surface area contributed by atoms with Crippen LogP contribution in [0.25, 0.3) is 0 Å². The first kappa shape index (κ1) is 86.7. The van der Waals surface area contributed by atoms with Crippen LogP contribution in [0.3, 0.4) is 0 Å². The van der Waals surface area contributed by atoms with Gasteiger partial charge < -0.3 is 56.8 Å². The van der Waals surface area contributed by atoms with Crippen molar-refractivity contribution in [2.45, 2.75) is 330 Å². The zero-order chi connectivity index (χ0) is 74.5. The molecule has 6 aliphatic heterocycles. The molecule has 24 nitrogen and oxygen atoms in total. The van der Waals surface area contributed by atoms with Gasteiger partial charge in [0.15, 0.2) is 6.10 Å². The van der Waals surface area contributed by atoms with Crippen LogP contribution in [0.1, 0.15) is 271 Å². The first-order chi connectivity index (χ1) is 42.8. The smallest absolute Gasteiger partial charge is 0.351 e. The van der Waals surface area contributed by atoms with Gasteiger partial charge in [-0.1, -0.05) is 55.4 Å². The van der Waals surface area contributed by atoms with Crippen molar-refractivity contribution in [3.05, 3.63) is 0 Å². The van der Waals surface area contributed by atoms with E-state index in [-0.39, 0.29) is 54.3 Å². The predicted octanol–water partition coefficient (Wildman–Crippen LogP) is 11.8. The summed E-state index contributed by atoms with van der Waals surface area (Å²) in [6.07, 6.45) is 3.11. The van der Waals surface area contributed by atoms with Gasteiger partial charge in [-0.2, -0.15) is 0 Å². The summed E-state index contributed by atoms with van der Waals surface area (Å²) in [6, 6.07) is 0. The summed E-state index contributed by atoms with van der Waals surface area (Å²) >= 11 is 0. The van der Waals surface area contributed by atoms with Crippen LogP contribution >= 0.6 is 0 Å². The highest BCUT2D eigenvalue weighted by atomic mass is 16.7. The molecule has 0 aromatic carbocycles. The van der Waals surface area contributed by atoms with Gasteiger partial charge in [-0.3, -0.25) is 33.6 Å². The van der Waals surface area contributed by atoms with Crippen LogP contribution in [0.15, 0.2) is 0 Å². The molecule has 0 aromatic rings. The monoisotopic (exact) mass is 1350 g/mol. The fourth-order valence-electron chi connectivity index (χ4n) is 8.46. The molecular formula is C71H118O24. The van der Waals surface area contributed by atoms with Crippen molar-refractivity contribution in [3.8, 4) is 0 Å². The largest absolute Gasteiger partial charge is 0.463 e. The molecule has 24 heteroatoms. The minimum atomic E-state index is -1.15. The molecule has 0 aliphatic carbocycles. The molecule has 0 bridgehead atoms. The molecule has 6 saturated heterocycles. The molecule has 95 heavy (non-hydrogen) atoms. The minimum absolute atomic E-state index is 0.151. The Morgan fingerprint density at radius 2 is 0.853 bits per heavy atom. The highest BCUT2D eigenvalue weighted by molar-refractivity contribution is 5.88. The van der Waals surface area contributed by atoms with Gasteiger partial charge in [0.25, 0.3) is 0 Å². The van der Waals surface area contributed by atoms with Gasteiger partial charge in [-0.05, 0) is 184 Å². The summed E-state index contributed by atoms with van der Waals surface area (Å²) in [6.45, 7) is 53.4. The van der Waals surface area contributed by atoms with E-state index in [1.54, 1.807) is 76.2 Å². The second-order valence-electron chi connectivity index (χ2n) is 32.1. The Morgan fingerprint density at radius 1 is 0.453 bits per heavy atom. The maximum absolute atomic E-state index is 12.0. The average molecular weight is 1360 g/mol. The molecule has 0 aromatic heterocycles. The van der Waals surface area contributed by atoms with E-state index in [1.807, 2.05) is 125 Å². The van der Waals surface area contributed by atoms with Crippen molar-refractivity contribution in [1.29, 1.82) is 0 Å². The Bertz CT molecular complexity index is 2750. The van der Waals surface area contributed by atoms with Gasteiger partial charge in [0.1, 0.15) is 29.5 Å². The molecular weight excluding hydrogens is 1240 g/mol. The molecule has 6 aliphatic rings. The lowest BCUT2D eigenvalue weighted by Crippen LogP contribution is -2.41. The second-order valence-corrected chi connectivity index (χ2v) is 32.1. The number of hydrogen-bond donors (Lipinski definition) is 0. The maximum atomic E-state index is 12.0. The van der Waals surface area contributed by atoms with Crippen molar-refractivity contribution < 1.29 is 114 Å². The lowest BCUT2D eigenvalue weighted by Gasteiger charge is -2.28. The number of hydrogen-bond acceptors (Lipinski definition) is 24. The van der Waals surface area contributed by atoms with Gasteiger partial charge in [-0.15, -0.1) is 0 Å². The van der Waals surface area contributed by atoms with Crippen molar-refractivity contribution in [3.63, 3.8) is 0 Å². The Hall–Kier alpha value is -6.36. The van der Waals surface area contributed by atoms with Crippen LogP contribution < -0.4 is 0 Å². The van der Waals surface area contributed by atoms with Crippen molar-refractivity contribution in [1.82, 2.24) is 0 Å². The lowest BCUT2D eigenvalue weighted by atomic mass is 9.88. The van der Waals surface area contributed by atoms with E-state index >= 15 is 0 Å². The van der Waals surface area contributed by atoms with Gasteiger partial charge in [0.2, 0.25) is 29.5 Å². The molecule has 6 fully saturated rings. The quantitative estimate of drug-likeness (QED) is 0.0909. The number of cyclic esters (lactones) is 6. The molecule has 0 saturated carbocycles. The zero-order valence-electron chi connectivity index (χ0n) is 62.9. The van der Waals surface area contributed by atoms with Crippen LogP contribution in [0.5, 0.6) is 0 Å². The Balaban J connectivity index is 0.000000570. The summed E-state index contributed by atoms with van der Waals surface area (Å²) < 4.78 is 61.6. The van der Waals surface area contributed by atoms with E-state index in [2.05, 4.69) is 0 Å². The Kier molecular flexibility index (Phi) is 29.9. The molecule has 0 N–H and O–H groups in total. The molecule has 546 valence electrons. The van der Waals surface area contributed by atoms with Crippen molar-refractivity contribution in [2.75, 3.05) is 13.2 Å². The highest BCUT2D eigenvalue weighted by Gasteiger charge is 2.54. The number of carbonyl (C=O) groups excluding carboxylic acids is 12. The third kappa shape index (κ3) is 24.9. The zero-order valence-corrected chi connectivity index (χ0v) is 62.9. The third-order valence-corrected chi connectivity index (χ3v) is 18.5. The summed E-state index contributed by atoms with van der Waals surface area (Å²) in [5.41, 5.74) is -7.74. The molecule has 0 spiro atoms. The van der Waals surface area contributed by atoms with Gasteiger partial charge in [0.05, 0.1) is 45.5 Å². The van der Waals surface area contributed by atoms with Crippen LogP contribution in [-0.4, -0.2) is 143 Å². The van der Waals surface area contributed by atoms with E-state index in [0.29, 0.717) is 77.4 Å². The second kappa shape index (κ2) is 32.8. The number of carbonyl (C=O) groups is 12. The van der Waals surface area contributed by atoms with Gasteiger partial charge in [-0.25, -0.2) is 24.0 Å². The van der Waals surface area contributed by atoms with Crippen LogP contribution in [-0.2, 0) is 114 Å². The Morgan fingerprint density at radius 3 is 1.17 bits per heavy atom.